The van der Waals surface area contributed by atoms with Crippen molar-refractivity contribution in [3.05, 3.63) is 35.1 Å². The molecule has 0 amide bonds. The van der Waals surface area contributed by atoms with E-state index < -0.39 is 0 Å². The van der Waals surface area contributed by atoms with E-state index in [1.165, 1.54) is 25.8 Å². The molecule has 5 nitrogen and oxygen atoms in total. The summed E-state index contributed by atoms with van der Waals surface area (Å²) in [5.74, 6) is 0.672. The van der Waals surface area contributed by atoms with Crippen molar-refractivity contribution in [2.75, 3.05) is 40.3 Å². The molecule has 0 aromatic heterocycles. The molecule has 166 valence electrons. The maximum absolute atomic E-state index is 13.9. The van der Waals surface area contributed by atoms with E-state index in [2.05, 4.69) is 34.4 Å². The molecule has 1 aliphatic rings. The van der Waals surface area contributed by atoms with Crippen LogP contribution in [-0.2, 0) is 13.1 Å². The van der Waals surface area contributed by atoms with Gasteiger partial charge in [-0.05, 0) is 71.4 Å². The summed E-state index contributed by atoms with van der Waals surface area (Å²) in [4.78, 5) is 9.25. The molecule has 1 fully saturated rings. The van der Waals surface area contributed by atoms with Crippen molar-refractivity contribution in [2.24, 2.45) is 4.99 Å². The summed E-state index contributed by atoms with van der Waals surface area (Å²) in [6, 6.07) is 5.99. The molecule has 1 aromatic carbocycles. The zero-order valence-corrected chi connectivity index (χ0v) is 20.8. The van der Waals surface area contributed by atoms with Gasteiger partial charge < -0.3 is 20.4 Å². The molecule has 2 N–H and O–H groups in total. The Balaban J connectivity index is 0.00000420. The van der Waals surface area contributed by atoms with Gasteiger partial charge in [-0.15, -0.1) is 24.0 Å². The SMILES string of the molecule is CCNC(=NCc1ccc(F)c(CN(C)C)c1)NCCCN1CCCCC1C.I. The molecule has 29 heavy (non-hydrogen) atoms. The summed E-state index contributed by atoms with van der Waals surface area (Å²) in [5.41, 5.74) is 1.74. The monoisotopic (exact) mass is 519 g/mol. The third kappa shape index (κ3) is 9.61. The molecule has 0 radical (unpaired) electrons. The number of benzene rings is 1. The van der Waals surface area contributed by atoms with Gasteiger partial charge in [0.2, 0.25) is 0 Å². The van der Waals surface area contributed by atoms with Crippen LogP contribution in [-0.4, -0.2) is 62.1 Å². The first-order valence-electron chi connectivity index (χ1n) is 10.7. The molecule has 1 aliphatic heterocycles. The maximum atomic E-state index is 13.9. The largest absolute Gasteiger partial charge is 0.357 e. The van der Waals surface area contributed by atoms with Crippen LogP contribution in [0, 0.1) is 5.82 Å². The van der Waals surface area contributed by atoms with Crippen LogP contribution in [0.25, 0.3) is 0 Å². The Labute approximate surface area is 193 Å². The van der Waals surface area contributed by atoms with Gasteiger partial charge in [0, 0.05) is 37.8 Å². The average Bonchev–Trinajstić information content (AvgIpc) is 2.66. The van der Waals surface area contributed by atoms with E-state index in [0.717, 1.165) is 37.6 Å². The number of likely N-dealkylation sites (tertiary alicyclic amines) is 1. The molecule has 0 aliphatic carbocycles. The summed E-state index contributed by atoms with van der Waals surface area (Å²) in [5, 5.41) is 6.73. The van der Waals surface area contributed by atoms with E-state index in [1.54, 1.807) is 6.07 Å². The summed E-state index contributed by atoms with van der Waals surface area (Å²) in [6.45, 7) is 9.64. The lowest BCUT2D eigenvalue weighted by molar-refractivity contribution is 0.159. The van der Waals surface area contributed by atoms with Crippen LogP contribution in [0.3, 0.4) is 0 Å². The van der Waals surface area contributed by atoms with E-state index in [9.17, 15) is 4.39 Å². The summed E-state index contributed by atoms with van der Waals surface area (Å²) in [7, 11) is 3.89. The predicted octanol–water partition coefficient (Wildman–Crippen LogP) is 3.82. The summed E-state index contributed by atoms with van der Waals surface area (Å²) in [6.07, 6.45) is 5.13. The Bertz CT molecular complexity index is 623. The van der Waals surface area contributed by atoms with Crippen molar-refractivity contribution in [3.63, 3.8) is 0 Å². The topological polar surface area (TPSA) is 42.9 Å². The predicted molar refractivity (Wildman–Crippen MR) is 132 cm³/mol. The second kappa shape index (κ2) is 14.1. The minimum Gasteiger partial charge on any atom is -0.357 e. The Hall–Kier alpha value is -0.930. The minimum atomic E-state index is -0.154. The highest BCUT2D eigenvalue weighted by atomic mass is 127. The van der Waals surface area contributed by atoms with Crippen molar-refractivity contribution in [1.29, 1.82) is 0 Å². The van der Waals surface area contributed by atoms with E-state index >= 15 is 0 Å². The smallest absolute Gasteiger partial charge is 0.191 e. The van der Waals surface area contributed by atoms with Crippen molar-refractivity contribution in [1.82, 2.24) is 20.4 Å². The van der Waals surface area contributed by atoms with Crippen LogP contribution in [0.5, 0.6) is 0 Å². The highest BCUT2D eigenvalue weighted by molar-refractivity contribution is 14.0. The minimum absolute atomic E-state index is 0. The van der Waals surface area contributed by atoms with E-state index in [4.69, 9.17) is 0 Å². The molecular formula is C22H39FIN5. The number of nitrogens with one attached hydrogen (secondary N) is 2. The van der Waals surface area contributed by atoms with Crippen LogP contribution < -0.4 is 10.6 Å². The number of aliphatic imine (C=N–C) groups is 1. The molecular weight excluding hydrogens is 480 g/mol. The second-order valence-electron chi connectivity index (χ2n) is 8.02. The van der Waals surface area contributed by atoms with Gasteiger partial charge in [-0.2, -0.15) is 0 Å². The number of rotatable bonds is 9. The molecule has 1 atom stereocenters. The van der Waals surface area contributed by atoms with Gasteiger partial charge in [0.25, 0.3) is 0 Å². The Kier molecular flexibility index (Phi) is 12.7. The fourth-order valence-electron chi connectivity index (χ4n) is 3.68. The lowest BCUT2D eigenvalue weighted by atomic mass is 10.0. The van der Waals surface area contributed by atoms with Crippen LogP contribution >= 0.6 is 24.0 Å². The first kappa shape index (κ1) is 26.1. The number of halogens is 2. The number of hydrogen-bond donors (Lipinski definition) is 2. The Morgan fingerprint density at radius 1 is 1.28 bits per heavy atom. The lowest BCUT2D eigenvalue weighted by Gasteiger charge is -2.33. The highest BCUT2D eigenvalue weighted by Crippen LogP contribution is 2.16. The Morgan fingerprint density at radius 3 is 2.76 bits per heavy atom. The molecule has 1 unspecified atom stereocenters. The van der Waals surface area contributed by atoms with Gasteiger partial charge in [0.1, 0.15) is 5.82 Å². The van der Waals surface area contributed by atoms with Gasteiger partial charge in [-0.25, -0.2) is 9.38 Å². The molecule has 1 aromatic rings. The van der Waals surface area contributed by atoms with Crippen molar-refractivity contribution in [3.8, 4) is 0 Å². The van der Waals surface area contributed by atoms with Gasteiger partial charge in [-0.3, -0.25) is 0 Å². The van der Waals surface area contributed by atoms with Crippen LogP contribution in [0.4, 0.5) is 4.39 Å². The molecule has 7 heteroatoms. The average molecular weight is 519 g/mol. The van der Waals surface area contributed by atoms with Crippen molar-refractivity contribution >= 4 is 29.9 Å². The van der Waals surface area contributed by atoms with Gasteiger partial charge in [-0.1, -0.05) is 12.5 Å². The third-order valence-electron chi connectivity index (χ3n) is 5.22. The zero-order valence-electron chi connectivity index (χ0n) is 18.5. The molecule has 1 saturated heterocycles. The van der Waals surface area contributed by atoms with Crippen LogP contribution in [0.1, 0.15) is 50.7 Å². The van der Waals surface area contributed by atoms with Gasteiger partial charge in [0.15, 0.2) is 5.96 Å². The third-order valence-corrected chi connectivity index (χ3v) is 5.22. The quantitative estimate of drug-likeness (QED) is 0.225. The zero-order chi connectivity index (χ0) is 20.4. The second-order valence-corrected chi connectivity index (χ2v) is 8.02. The van der Waals surface area contributed by atoms with Crippen molar-refractivity contribution in [2.45, 2.75) is 58.7 Å². The number of guanidine groups is 1. The van der Waals surface area contributed by atoms with Gasteiger partial charge in [0.05, 0.1) is 6.54 Å². The van der Waals surface area contributed by atoms with E-state index in [0.29, 0.717) is 24.7 Å². The molecule has 1 heterocycles. The normalized spacial score (nSPS) is 17.9. The van der Waals surface area contributed by atoms with Crippen LogP contribution in [0.2, 0.25) is 0 Å². The molecule has 0 saturated carbocycles. The van der Waals surface area contributed by atoms with E-state index in [1.807, 2.05) is 31.1 Å². The molecule has 2 rings (SSSR count). The number of hydrogen-bond acceptors (Lipinski definition) is 3. The number of piperidine rings is 1. The fraction of sp³-hybridized carbons (Fsp3) is 0.682. The summed E-state index contributed by atoms with van der Waals surface area (Å²) >= 11 is 0. The highest BCUT2D eigenvalue weighted by Gasteiger charge is 2.17. The lowest BCUT2D eigenvalue weighted by Crippen LogP contribution is -2.41. The van der Waals surface area contributed by atoms with E-state index in [-0.39, 0.29) is 29.8 Å². The first-order chi connectivity index (χ1) is 13.5. The number of nitrogens with zero attached hydrogens (tertiary/aromatic N) is 3. The fourth-order valence-corrected chi connectivity index (χ4v) is 3.68. The standard InChI is InChI=1S/C22H38FN5.HI/c1-5-24-22(25-12-8-14-28-13-7-6-9-18(28)2)26-16-19-10-11-21(23)20(15-19)17-27(3)4;/h10-11,15,18H,5-9,12-14,16-17H2,1-4H3,(H2,24,25,26);1H. The first-order valence-corrected chi connectivity index (χ1v) is 10.7. The Morgan fingerprint density at radius 2 is 2.07 bits per heavy atom. The van der Waals surface area contributed by atoms with Crippen LogP contribution in [0.15, 0.2) is 23.2 Å². The molecule has 0 bridgehead atoms. The van der Waals surface area contributed by atoms with Gasteiger partial charge >= 0.3 is 0 Å². The maximum Gasteiger partial charge on any atom is 0.191 e. The van der Waals surface area contributed by atoms with Crippen molar-refractivity contribution < 1.29 is 4.39 Å². The summed E-state index contributed by atoms with van der Waals surface area (Å²) < 4.78 is 13.9. The molecule has 0 spiro atoms.